The molecule has 0 radical (unpaired) electrons. The maximum atomic E-state index is 12.2. The van der Waals surface area contributed by atoms with Crippen LogP contribution >= 0.6 is 11.8 Å². The van der Waals surface area contributed by atoms with Crippen LogP contribution in [-0.2, 0) is 13.6 Å². The van der Waals surface area contributed by atoms with E-state index in [0.717, 1.165) is 16.9 Å². The third-order valence-corrected chi connectivity index (χ3v) is 3.39. The Bertz CT molecular complexity index is 576. The zero-order chi connectivity index (χ0) is 14.8. The van der Waals surface area contributed by atoms with Crippen molar-refractivity contribution in [2.24, 2.45) is 7.05 Å². The lowest BCUT2D eigenvalue weighted by Gasteiger charge is -2.08. The van der Waals surface area contributed by atoms with Gasteiger partial charge in [0, 0.05) is 24.7 Å². The highest BCUT2D eigenvalue weighted by Crippen LogP contribution is 2.36. The normalized spacial score (nSPS) is 11.7. The van der Waals surface area contributed by atoms with Crippen molar-refractivity contribution in [3.63, 3.8) is 0 Å². The molecule has 1 aromatic carbocycles. The monoisotopic (exact) mass is 301 g/mol. The number of hydrogen-bond donors (Lipinski definition) is 1. The van der Waals surface area contributed by atoms with Crippen molar-refractivity contribution in [3.05, 3.63) is 41.7 Å². The summed E-state index contributed by atoms with van der Waals surface area (Å²) in [5.74, 6) is 0. The lowest BCUT2D eigenvalue weighted by molar-refractivity contribution is -0.0328. The molecule has 0 fully saturated rings. The Balaban J connectivity index is 1.96. The second kappa shape index (κ2) is 5.78. The maximum Gasteiger partial charge on any atom is 0.446 e. The Kier molecular flexibility index (Phi) is 4.27. The van der Waals surface area contributed by atoms with E-state index in [1.807, 2.05) is 20.2 Å². The van der Waals surface area contributed by atoms with Crippen LogP contribution in [0.4, 0.5) is 18.9 Å². The average molecular weight is 301 g/mol. The van der Waals surface area contributed by atoms with E-state index in [9.17, 15) is 13.2 Å². The van der Waals surface area contributed by atoms with E-state index in [-0.39, 0.29) is 16.7 Å². The van der Waals surface area contributed by atoms with Crippen molar-refractivity contribution < 1.29 is 13.2 Å². The number of hydrogen-bond acceptors (Lipinski definition) is 3. The molecule has 2 rings (SSSR count). The van der Waals surface area contributed by atoms with Gasteiger partial charge in [0.25, 0.3) is 0 Å². The van der Waals surface area contributed by atoms with Crippen LogP contribution in [0.25, 0.3) is 0 Å². The summed E-state index contributed by atoms with van der Waals surface area (Å²) in [6.07, 6.45) is 1.86. The van der Waals surface area contributed by atoms with Crippen molar-refractivity contribution in [1.29, 1.82) is 0 Å². The summed E-state index contributed by atoms with van der Waals surface area (Å²) in [5, 5.41) is 7.41. The van der Waals surface area contributed by atoms with Crippen LogP contribution in [0.15, 0.2) is 35.4 Å². The summed E-state index contributed by atoms with van der Waals surface area (Å²) in [4.78, 5) is 0.193. The molecule has 0 saturated carbocycles. The average Bonchev–Trinajstić information content (AvgIpc) is 2.65. The number of aromatic nitrogens is 2. The maximum absolute atomic E-state index is 12.2. The summed E-state index contributed by atoms with van der Waals surface area (Å²) in [6, 6.07) is 6.33. The second-order valence-electron chi connectivity index (χ2n) is 4.35. The molecule has 7 heteroatoms. The van der Waals surface area contributed by atoms with Crippen LogP contribution in [0.5, 0.6) is 0 Å². The molecule has 108 valence electrons. The Hall–Kier alpha value is -1.63. The first-order valence-corrected chi connectivity index (χ1v) is 6.74. The van der Waals surface area contributed by atoms with Gasteiger partial charge in [-0.1, -0.05) is 12.1 Å². The summed E-state index contributed by atoms with van der Waals surface area (Å²) < 4.78 is 38.3. The van der Waals surface area contributed by atoms with E-state index in [2.05, 4.69) is 10.4 Å². The molecule has 3 nitrogen and oxygen atoms in total. The van der Waals surface area contributed by atoms with Gasteiger partial charge in [0.15, 0.2) is 0 Å². The van der Waals surface area contributed by atoms with Gasteiger partial charge in [-0.15, -0.1) is 0 Å². The van der Waals surface area contributed by atoms with E-state index >= 15 is 0 Å². The lowest BCUT2D eigenvalue weighted by atomic mass is 10.2. The fraction of sp³-hybridized carbons (Fsp3) is 0.308. The van der Waals surface area contributed by atoms with Crippen molar-refractivity contribution >= 4 is 17.4 Å². The molecule has 0 amide bonds. The molecule has 20 heavy (non-hydrogen) atoms. The van der Waals surface area contributed by atoms with Crippen molar-refractivity contribution in [2.75, 3.05) is 5.32 Å². The summed E-state index contributed by atoms with van der Waals surface area (Å²) >= 11 is -0.104. The minimum absolute atomic E-state index is 0.104. The molecular formula is C13H14F3N3S. The molecule has 1 N–H and O–H groups in total. The zero-order valence-electron chi connectivity index (χ0n) is 11.0. The SMILES string of the molecule is Cc1nn(C)cc1NCc1ccc(SC(F)(F)F)cc1. The molecule has 0 saturated heterocycles. The number of halogens is 3. The second-order valence-corrected chi connectivity index (χ2v) is 5.49. The summed E-state index contributed by atoms with van der Waals surface area (Å²) in [5.41, 5.74) is -1.52. The molecule has 0 spiro atoms. The van der Waals surface area contributed by atoms with E-state index < -0.39 is 5.51 Å². The quantitative estimate of drug-likeness (QED) is 0.867. The van der Waals surface area contributed by atoms with Gasteiger partial charge in [0.2, 0.25) is 0 Å². The minimum atomic E-state index is -4.24. The first kappa shape index (κ1) is 14.8. The number of anilines is 1. The van der Waals surface area contributed by atoms with Gasteiger partial charge in [0.1, 0.15) is 0 Å². The number of nitrogens with one attached hydrogen (secondary N) is 1. The smallest absolute Gasteiger partial charge is 0.378 e. The summed E-state index contributed by atoms with van der Waals surface area (Å²) in [6.45, 7) is 2.44. The zero-order valence-corrected chi connectivity index (χ0v) is 11.8. The van der Waals surface area contributed by atoms with Gasteiger partial charge in [-0.3, -0.25) is 4.68 Å². The van der Waals surface area contributed by atoms with Gasteiger partial charge < -0.3 is 5.32 Å². The van der Waals surface area contributed by atoms with Crippen LogP contribution in [0.2, 0.25) is 0 Å². The molecule has 2 aromatic rings. The van der Waals surface area contributed by atoms with E-state index in [1.165, 1.54) is 12.1 Å². The van der Waals surface area contributed by atoms with E-state index in [0.29, 0.717) is 6.54 Å². The Morgan fingerprint density at radius 3 is 2.40 bits per heavy atom. The number of thioether (sulfide) groups is 1. The molecule has 0 unspecified atom stereocenters. The Labute approximate surface area is 119 Å². The van der Waals surface area contributed by atoms with E-state index in [1.54, 1.807) is 16.8 Å². The number of alkyl halides is 3. The number of benzene rings is 1. The van der Waals surface area contributed by atoms with Crippen molar-refractivity contribution in [3.8, 4) is 0 Å². The fourth-order valence-corrected chi connectivity index (χ4v) is 2.32. The predicted molar refractivity (Wildman–Crippen MR) is 73.6 cm³/mol. The third-order valence-electron chi connectivity index (χ3n) is 2.65. The highest BCUT2D eigenvalue weighted by molar-refractivity contribution is 8.00. The molecule has 0 atom stereocenters. The highest BCUT2D eigenvalue weighted by atomic mass is 32.2. The van der Waals surface area contributed by atoms with Gasteiger partial charge in [-0.25, -0.2) is 0 Å². The molecule has 0 aliphatic carbocycles. The predicted octanol–water partition coefficient (Wildman–Crippen LogP) is 3.95. The Morgan fingerprint density at radius 2 is 1.90 bits per heavy atom. The number of rotatable bonds is 4. The summed E-state index contributed by atoms with van der Waals surface area (Å²) in [7, 11) is 1.83. The molecular weight excluding hydrogens is 287 g/mol. The minimum Gasteiger partial charge on any atom is -0.378 e. The molecule has 0 aliphatic rings. The first-order chi connectivity index (χ1) is 9.33. The van der Waals surface area contributed by atoms with Gasteiger partial charge in [-0.2, -0.15) is 18.3 Å². The molecule has 1 heterocycles. The highest BCUT2D eigenvalue weighted by Gasteiger charge is 2.28. The topological polar surface area (TPSA) is 29.9 Å². The number of nitrogens with zero attached hydrogens (tertiary/aromatic N) is 2. The molecule has 1 aromatic heterocycles. The third kappa shape index (κ3) is 4.19. The van der Waals surface area contributed by atoms with Gasteiger partial charge >= 0.3 is 5.51 Å². The van der Waals surface area contributed by atoms with Crippen molar-refractivity contribution in [2.45, 2.75) is 23.9 Å². The van der Waals surface area contributed by atoms with Crippen LogP contribution in [0.1, 0.15) is 11.3 Å². The van der Waals surface area contributed by atoms with Gasteiger partial charge in [-0.05, 0) is 36.4 Å². The molecule has 0 bridgehead atoms. The van der Waals surface area contributed by atoms with Gasteiger partial charge in [0.05, 0.1) is 11.4 Å². The number of aryl methyl sites for hydroxylation is 2. The van der Waals surface area contributed by atoms with E-state index in [4.69, 9.17) is 0 Å². The fourth-order valence-electron chi connectivity index (χ4n) is 1.78. The van der Waals surface area contributed by atoms with Crippen LogP contribution < -0.4 is 5.32 Å². The Morgan fingerprint density at radius 1 is 1.25 bits per heavy atom. The molecule has 0 aliphatic heterocycles. The van der Waals surface area contributed by atoms with Crippen LogP contribution in [-0.4, -0.2) is 15.3 Å². The lowest BCUT2D eigenvalue weighted by Crippen LogP contribution is -2.01. The van der Waals surface area contributed by atoms with Crippen LogP contribution in [0, 0.1) is 6.92 Å². The first-order valence-electron chi connectivity index (χ1n) is 5.92. The standard InChI is InChI=1S/C13H14F3N3S/c1-9-12(8-19(2)18-9)17-7-10-3-5-11(6-4-10)20-13(14,15)16/h3-6,8,17H,7H2,1-2H3. The van der Waals surface area contributed by atoms with Crippen LogP contribution in [0.3, 0.4) is 0 Å². The van der Waals surface area contributed by atoms with Crippen molar-refractivity contribution in [1.82, 2.24) is 9.78 Å². The largest absolute Gasteiger partial charge is 0.446 e.